The van der Waals surface area contributed by atoms with Crippen molar-refractivity contribution in [2.75, 3.05) is 0 Å². The van der Waals surface area contributed by atoms with Gasteiger partial charge in [0.05, 0.1) is 11.0 Å². The third-order valence-electron chi connectivity index (χ3n) is 4.19. The Morgan fingerprint density at radius 1 is 1.44 bits per heavy atom. The van der Waals surface area contributed by atoms with Crippen LogP contribution in [0.5, 0.6) is 0 Å². The summed E-state index contributed by atoms with van der Waals surface area (Å²) in [6, 6.07) is 6.50. The number of benzene rings is 1. The van der Waals surface area contributed by atoms with E-state index in [1.165, 1.54) is 28.3 Å². The largest absolute Gasteiger partial charge is 0.331 e. The molecule has 1 aromatic heterocycles. The second kappa shape index (κ2) is 4.96. The van der Waals surface area contributed by atoms with E-state index in [2.05, 4.69) is 57.3 Å². The van der Waals surface area contributed by atoms with Gasteiger partial charge in [-0.15, -0.1) is 0 Å². The molecule has 0 bridgehead atoms. The number of nitrogens with zero attached hydrogens (tertiary/aromatic N) is 1. The van der Waals surface area contributed by atoms with Gasteiger partial charge in [0.15, 0.2) is 4.77 Å². The topological polar surface area (TPSA) is 20.7 Å². The Bertz CT molecular complexity index is 628. The van der Waals surface area contributed by atoms with Crippen LogP contribution in [-0.4, -0.2) is 9.55 Å². The molecule has 0 amide bonds. The van der Waals surface area contributed by atoms with Crippen molar-refractivity contribution in [2.45, 2.75) is 32.7 Å². The molecule has 2 unspecified atom stereocenters. The smallest absolute Gasteiger partial charge is 0.178 e. The molecule has 1 aliphatic rings. The van der Waals surface area contributed by atoms with Gasteiger partial charge in [0, 0.05) is 10.1 Å². The number of hydrogen-bond donors (Lipinski definition) is 1. The Labute approximate surface area is 126 Å². The quantitative estimate of drug-likeness (QED) is 0.597. The average Bonchev–Trinajstić information content (AvgIpc) is 2.85. The van der Waals surface area contributed by atoms with E-state index in [9.17, 15) is 0 Å². The maximum absolute atomic E-state index is 5.47. The SMILES string of the molecule is CC1CCCC1Cn1c(=S)[nH]c2cc(I)ccc21. The standard InChI is InChI=1S/C14H17IN2S/c1-9-3-2-4-10(9)8-17-13-6-5-11(15)7-12(13)16-14(17)18/h5-7,9-10H,2-4,8H2,1H3,(H,16,18). The van der Waals surface area contributed by atoms with E-state index in [4.69, 9.17) is 12.2 Å². The molecule has 2 atom stereocenters. The molecule has 3 rings (SSSR count). The van der Waals surface area contributed by atoms with Crippen LogP contribution in [0.15, 0.2) is 18.2 Å². The number of nitrogens with one attached hydrogen (secondary N) is 1. The van der Waals surface area contributed by atoms with Crippen LogP contribution in [0.25, 0.3) is 11.0 Å². The van der Waals surface area contributed by atoms with Gasteiger partial charge in [-0.3, -0.25) is 0 Å². The molecule has 0 spiro atoms. The van der Waals surface area contributed by atoms with Crippen LogP contribution < -0.4 is 0 Å². The third kappa shape index (κ3) is 2.25. The number of hydrogen-bond acceptors (Lipinski definition) is 1. The number of imidazole rings is 1. The number of aromatic nitrogens is 2. The average molecular weight is 372 g/mol. The summed E-state index contributed by atoms with van der Waals surface area (Å²) in [5.74, 6) is 1.62. The van der Waals surface area contributed by atoms with Crippen molar-refractivity contribution in [3.63, 3.8) is 0 Å². The summed E-state index contributed by atoms with van der Waals surface area (Å²) in [5, 5.41) is 0. The summed E-state index contributed by atoms with van der Waals surface area (Å²) < 4.78 is 4.40. The molecule has 0 radical (unpaired) electrons. The van der Waals surface area contributed by atoms with Crippen molar-refractivity contribution < 1.29 is 0 Å². The van der Waals surface area contributed by atoms with Crippen LogP contribution in [-0.2, 0) is 6.54 Å². The van der Waals surface area contributed by atoms with Crippen molar-refractivity contribution in [3.8, 4) is 0 Å². The van der Waals surface area contributed by atoms with Crippen molar-refractivity contribution in [2.24, 2.45) is 11.8 Å². The van der Waals surface area contributed by atoms with E-state index in [-0.39, 0.29) is 0 Å². The first-order chi connectivity index (χ1) is 8.65. The lowest BCUT2D eigenvalue weighted by Crippen LogP contribution is -2.13. The minimum Gasteiger partial charge on any atom is -0.331 e. The summed E-state index contributed by atoms with van der Waals surface area (Å²) in [6.07, 6.45) is 4.09. The zero-order chi connectivity index (χ0) is 12.7. The molecule has 4 heteroatoms. The molecule has 1 aromatic carbocycles. The van der Waals surface area contributed by atoms with E-state index in [1.54, 1.807) is 0 Å². The molecule has 1 N–H and O–H groups in total. The molecular weight excluding hydrogens is 355 g/mol. The van der Waals surface area contributed by atoms with Gasteiger partial charge in [-0.05, 0) is 71.3 Å². The fraction of sp³-hybridized carbons (Fsp3) is 0.500. The highest BCUT2D eigenvalue weighted by molar-refractivity contribution is 14.1. The van der Waals surface area contributed by atoms with Crippen molar-refractivity contribution in [1.29, 1.82) is 0 Å². The van der Waals surface area contributed by atoms with Crippen LogP contribution in [0.4, 0.5) is 0 Å². The normalized spacial score (nSPS) is 23.9. The van der Waals surface area contributed by atoms with Gasteiger partial charge in [0.1, 0.15) is 0 Å². The highest BCUT2D eigenvalue weighted by Gasteiger charge is 2.24. The summed E-state index contributed by atoms with van der Waals surface area (Å²) in [6.45, 7) is 3.44. The molecule has 18 heavy (non-hydrogen) atoms. The monoisotopic (exact) mass is 372 g/mol. The van der Waals surface area contributed by atoms with E-state index >= 15 is 0 Å². The summed E-state index contributed by atoms with van der Waals surface area (Å²) in [5.41, 5.74) is 2.41. The van der Waals surface area contributed by atoms with Gasteiger partial charge in [0.2, 0.25) is 0 Å². The van der Waals surface area contributed by atoms with Crippen LogP contribution in [0.1, 0.15) is 26.2 Å². The molecule has 2 nitrogen and oxygen atoms in total. The van der Waals surface area contributed by atoms with Crippen LogP contribution in [0.3, 0.4) is 0 Å². The lowest BCUT2D eigenvalue weighted by Gasteiger charge is -2.16. The first-order valence-corrected chi connectivity index (χ1v) is 8.02. The Morgan fingerprint density at radius 3 is 3.00 bits per heavy atom. The Balaban J connectivity index is 2.01. The minimum atomic E-state index is 0.787. The lowest BCUT2D eigenvalue weighted by molar-refractivity contribution is 0.366. The van der Waals surface area contributed by atoms with Gasteiger partial charge in [-0.1, -0.05) is 19.8 Å². The number of H-pyrrole nitrogens is 1. The summed E-state index contributed by atoms with van der Waals surface area (Å²) in [7, 11) is 0. The van der Waals surface area contributed by atoms with E-state index in [0.29, 0.717) is 0 Å². The third-order valence-corrected chi connectivity index (χ3v) is 5.19. The molecule has 0 saturated heterocycles. The summed E-state index contributed by atoms with van der Waals surface area (Å²) >= 11 is 7.81. The van der Waals surface area contributed by atoms with Gasteiger partial charge < -0.3 is 9.55 Å². The molecule has 2 aromatic rings. The molecule has 1 aliphatic carbocycles. The van der Waals surface area contributed by atoms with Crippen LogP contribution in [0, 0.1) is 20.2 Å². The Kier molecular flexibility index (Phi) is 3.49. The predicted molar refractivity (Wildman–Crippen MR) is 86.3 cm³/mol. The number of halogens is 1. The highest BCUT2D eigenvalue weighted by Crippen LogP contribution is 2.33. The van der Waals surface area contributed by atoms with Gasteiger partial charge in [-0.2, -0.15) is 0 Å². The number of fused-ring (bicyclic) bond motifs is 1. The first-order valence-electron chi connectivity index (χ1n) is 6.53. The van der Waals surface area contributed by atoms with Gasteiger partial charge in [-0.25, -0.2) is 0 Å². The number of aromatic amines is 1. The molecule has 1 heterocycles. The molecular formula is C14H17IN2S. The molecule has 0 aliphatic heterocycles. The Morgan fingerprint density at radius 2 is 2.28 bits per heavy atom. The van der Waals surface area contributed by atoms with E-state index < -0.39 is 0 Å². The van der Waals surface area contributed by atoms with E-state index in [1.807, 2.05) is 0 Å². The fourth-order valence-corrected chi connectivity index (χ4v) is 3.82. The van der Waals surface area contributed by atoms with Gasteiger partial charge in [0.25, 0.3) is 0 Å². The summed E-state index contributed by atoms with van der Waals surface area (Å²) in [4.78, 5) is 3.33. The second-order valence-corrected chi connectivity index (χ2v) is 7.00. The maximum Gasteiger partial charge on any atom is 0.178 e. The predicted octanol–water partition coefficient (Wildman–Crippen LogP) is 4.74. The van der Waals surface area contributed by atoms with E-state index in [0.717, 1.165) is 28.7 Å². The van der Waals surface area contributed by atoms with Crippen LogP contribution in [0.2, 0.25) is 0 Å². The van der Waals surface area contributed by atoms with Gasteiger partial charge >= 0.3 is 0 Å². The van der Waals surface area contributed by atoms with Crippen molar-refractivity contribution in [1.82, 2.24) is 9.55 Å². The van der Waals surface area contributed by atoms with Crippen molar-refractivity contribution >= 4 is 45.8 Å². The second-order valence-electron chi connectivity index (χ2n) is 5.37. The van der Waals surface area contributed by atoms with Crippen LogP contribution >= 0.6 is 34.8 Å². The zero-order valence-corrected chi connectivity index (χ0v) is 13.4. The minimum absolute atomic E-state index is 0.787. The fourth-order valence-electron chi connectivity index (χ4n) is 3.05. The molecule has 1 saturated carbocycles. The maximum atomic E-state index is 5.47. The Hall–Kier alpha value is -0.360. The lowest BCUT2D eigenvalue weighted by atomic mass is 9.98. The number of rotatable bonds is 2. The highest BCUT2D eigenvalue weighted by atomic mass is 127. The molecule has 1 fully saturated rings. The molecule has 96 valence electrons. The van der Waals surface area contributed by atoms with Crippen molar-refractivity contribution in [3.05, 3.63) is 26.5 Å². The first kappa shape index (κ1) is 12.7. The zero-order valence-electron chi connectivity index (χ0n) is 10.4.